The van der Waals surface area contributed by atoms with Gasteiger partial charge in [0, 0.05) is 11.6 Å². The summed E-state index contributed by atoms with van der Waals surface area (Å²) in [5, 5.41) is 2.41. The molecule has 1 aromatic heterocycles. The van der Waals surface area contributed by atoms with E-state index in [4.69, 9.17) is 9.47 Å². The van der Waals surface area contributed by atoms with Crippen LogP contribution in [0.4, 0.5) is 5.13 Å². The molecular formula is C25H28N2O4S. The summed E-state index contributed by atoms with van der Waals surface area (Å²) in [4.78, 5) is 33.3. The Kier molecular flexibility index (Phi) is 5.53. The minimum atomic E-state index is -0.535. The zero-order valence-corrected chi connectivity index (χ0v) is 19.4. The van der Waals surface area contributed by atoms with Gasteiger partial charge in [-0.05, 0) is 48.8 Å². The Bertz CT molecular complexity index is 1050. The number of nitrogens with zero attached hydrogens (tertiary/aromatic N) is 2. The van der Waals surface area contributed by atoms with E-state index in [1.54, 1.807) is 11.1 Å². The highest BCUT2D eigenvalue weighted by Gasteiger charge is 2.54. The molecule has 0 spiro atoms. The number of anilines is 1. The van der Waals surface area contributed by atoms with Crippen LogP contribution >= 0.6 is 11.3 Å². The number of thiazole rings is 1. The molecule has 5 rings (SSSR count). The van der Waals surface area contributed by atoms with Crippen LogP contribution in [0.3, 0.4) is 0 Å². The molecule has 5 unspecified atom stereocenters. The zero-order valence-electron chi connectivity index (χ0n) is 18.6. The number of carbonyl (C=O) groups is 2. The number of fused-ring (bicyclic) bond motifs is 1. The van der Waals surface area contributed by atoms with Crippen LogP contribution in [0.2, 0.25) is 0 Å². The predicted octanol–water partition coefficient (Wildman–Crippen LogP) is 4.92. The number of Topliss-reactive ketones (excluding diaryl/α,β-unsaturated/α-hetero) is 1. The van der Waals surface area contributed by atoms with E-state index in [1.807, 2.05) is 29.6 Å². The van der Waals surface area contributed by atoms with Crippen molar-refractivity contribution < 1.29 is 19.1 Å². The minimum absolute atomic E-state index is 0.0544. The van der Waals surface area contributed by atoms with Gasteiger partial charge in [0.2, 0.25) is 0 Å². The van der Waals surface area contributed by atoms with Gasteiger partial charge >= 0.3 is 0 Å². The van der Waals surface area contributed by atoms with E-state index in [9.17, 15) is 9.59 Å². The van der Waals surface area contributed by atoms with E-state index in [-0.39, 0.29) is 29.5 Å². The fourth-order valence-corrected chi connectivity index (χ4v) is 5.74. The number of aromatic nitrogens is 1. The molecule has 3 heterocycles. The fraction of sp³-hybridized carbons (Fsp3) is 0.480. The summed E-state index contributed by atoms with van der Waals surface area (Å²) < 4.78 is 12.0. The van der Waals surface area contributed by atoms with Crippen LogP contribution in [0.15, 0.2) is 47.2 Å². The molecule has 5 atom stereocenters. The Labute approximate surface area is 192 Å². The maximum atomic E-state index is 13.8. The Balaban J connectivity index is 1.56. The lowest BCUT2D eigenvalue weighted by atomic mass is 9.70. The van der Waals surface area contributed by atoms with Crippen LogP contribution in [0, 0.1) is 17.8 Å². The molecule has 1 aromatic carbocycles. The van der Waals surface area contributed by atoms with Crippen LogP contribution in [0.5, 0.6) is 5.75 Å². The first kappa shape index (κ1) is 21.2. The lowest BCUT2D eigenvalue weighted by Crippen LogP contribution is -2.43. The Morgan fingerprint density at radius 2 is 1.91 bits per heavy atom. The Morgan fingerprint density at radius 1 is 1.16 bits per heavy atom. The number of benzene rings is 1. The number of hydrogen-bond donors (Lipinski definition) is 0. The number of ketones is 1. The van der Waals surface area contributed by atoms with Gasteiger partial charge in [0.05, 0.1) is 24.1 Å². The largest absolute Gasteiger partial charge is 0.494 e. The van der Waals surface area contributed by atoms with Crippen molar-refractivity contribution in [1.82, 2.24) is 4.98 Å². The van der Waals surface area contributed by atoms with Crippen molar-refractivity contribution in [3.8, 4) is 5.75 Å². The van der Waals surface area contributed by atoms with E-state index in [2.05, 4.69) is 25.8 Å². The molecule has 3 aliphatic rings. The summed E-state index contributed by atoms with van der Waals surface area (Å²) in [5.41, 5.74) is 1.34. The molecule has 0 N–H and O–H groups in total. The smallest absolute Gasteiger partial charge is 0.296 e. The second-order valence-corrected chi connectivity index (χ2v) is 9.98. The molecule has 0 bridgehead atoms. The third-order valence-corrected chi connectivity index (χ3v) is 7.78. The van der Waals surface area contributed by atoms with Gasteiger partial charge in [0.1, 0.15) is 11.9 Å². The number of hydrogen-bond acceptors (Lipinski definition) is 6. The van der Waals surface area contributed by atoms with Crippen LogP contribution in [-0.4, -0.2) is 29.4 Å². The molecule has 0 saturated heterocycles. The van der Waals surface area contributed by atoms with Gasteiger partial charge in [-0.1, -0.05) is 32.9 Å². The first-order valence-electron chi connectivity index (χ1n) is 11.4. The van der Waals surface area contributed by atoms with Crippen molar-refractivity contribution in [1.29, 1.82) is 0 Å². The average molecular weight is 453 g/mol. The van der Waals surface area contributed by atoms with Gasteiger partial charge in [0.15, 0.2) is 16.7 Å². The van der Waals surface area contributed by atoms with E-state index in [1.165, 1.54) is 11.3 Å². The Hall–Kier alpha value is -2.67. The van der Waals surface area contributed by atoms with Crippen LogP contribution in [0.1, 0.15) is 51.6 Å². The number of rotatable bonds is 5. The monoisotopic (exact) mass is 452 g/mol. The fourth-order valence-electron chi connectivity index (χ4n) is 5.07. The van der Waals surface area contributed by atoms with E-state index in [0.717, 1.165) is 30.6 Å². The number of amides is 1. The molecule has 1 fully saturated rings. The first-order valence-corrected chi connectivity index (χ1v) is 12.3. The minimum Gasteiger partial charge on any atom is -0.494 e. The van der Waals surface area contributed by atoms with Crippen molar-refractivity contribution in [2.45, 2.75) is 52.2 Å². The topological polar surface area (TPSA) is 68.7 Å². The highest BCUT2D eigenvalue weighted by molar-refractivity contribution is 7.13. The molecule has 168 valence electrons. The quantitative estimate of drug-likeness (QED) is 0.644. The van der Waals surface area contributed by atoms with E-state index in [0.29, 0.717) is 29.1 Å². The highest BCUT2D eigenvalue weighted by atomic mass is 32.1. The predicted molar refractivity (Wildman–Crippen MR) is 123 cm³/mol. The van der Waals surface area contributed by atoms with Crippen molar-refractivity contribution in [3.05, 3.63) is 52.7 Å². The van der Waals surface area contributed by atoms with E-state index >= 15 is 0 Å². The van der Waals surface area contributed by atoms with Gasteiger partial charge in [-0.15, -0.1) is 11.3 Å². The second-order valence-electron chi connectivity index (χ2n) is 9.11. The van der Waals surface area contributed by atoms with Crippen molar-refractivity contribution in [2.24, 2.45) is 17.8 Å². The molecule has 6 nitrogen and oxygen atoms in total. The molecule has 32 heavy (non-hydrogen) atoms. The van der Waals surface area contributed by atoms with Crippen LogP contribution in [-0.2, 0) is 14.3 Å². The van der Waals surface area contributed by atoms with Crippen LogP contribution in [0.25, 0.3) is 0 Å². The summed E-state index contributed by atoms with van der Waals surface area (Å²) in [6, 6.07) is 7.13. The van der Waals surface area contributed by atoms with Gasteiger partial charge in [-0.2, -0.15) is 0 Å². The van der Waals surface area contributed by atoms with E-state index < -0.39 is 6.04 Å². The average Bonchev–Trinajstić information content (AvgIpc) is 3.41. The zero-order chi connectivity index (χ0) is 22.4. The van der Waals surface area contributed by atoms with Gasteiger partial charge in [-0.25, -0.2) is 4.98 Å². The summed E-state index contributed by atoms with van der Waals surface area (Å²) in [6.45, 7) is 7.11. The summed E-state index contributed by atoms with van der Waals surface area (Å²) in [7, 11) is 0. The first-order chi connectivity index (χ1) is 15.5. The third-order valence-electron chi connectivity index (χ3n) is 7.00. The van der Waals surface area contributed by atoms with Crippen molar-refractivity contribution in [3.63, 3.8) is 0 Å². The molecule has 2 aliphatic heterocycles. The normalized spacial score (nSPS) is 29.6. The SMILES string of the molecule is CCCOc1ccc(C2C3=C(OC4CC(C)C(C)CC4C3=O)C(=O)N2c2nccs2)cc1. The second kappa shape index (κ2) is 8.35. The lowest BCUT2D eigenvalue weighted by Gasteiger charge is -2.40. The van der Waals surface area contributed by atoms with Crippen molar-refractivity contribution >= 4 is 28.2 Å². The van der Waals surface area contributed by atoms with Crippen molar-refractivity contribution in [2.75, 3.05) is 11.5 Å². The number of carbonyl (C=O) groups excluding carboxylic acids is 2. The molecule has 0 radical (unpaired) electrons. The summed E-state index contributed by atoms with van der Waals surface area (Å²) in [6.07, 6.45) is 3.97. The third kappa shape index (κ3) is 3.43. The molecule has 1 amide bonds. The summed E-state index contributed by atoms with van der Waals surface area (Å²) >= 11 is 1.39. The Morgan fingerprint density at radius 3 is 2.59 bits per heavy atom. The summed E-state index contributed by atoms with van der Waals surface area (Å²) in [5.74, 6) is 1.48. The molecule has 1 saturated carbocycles. The van der Waals surface area contributed by atoms with Gasteiger partial charge in [0.25, 0.3) is 5.91 Å². The maximum absolute atomic E-state index is 13.8. The number of ether oxygens (including phenoxy) is 2. The lowest BCUT2D eigenvalue weighted by molar-refractivity contribution is -0.134. The molecule has 7 heteroatoms. The van der Waals surface area contributed by atoms with Gasteiger partial charge < -0.3 is 9.47 Å². The molecular weight excluding hydrogens is 424 g/mol. The maximum Gasteiger partial charge on any atom is 0.296 e. The standard InChI is InChI=1S/C25H28N2O4S/c1-4-10-30-17-7-5-16(6-8-17)21-20-22(28)18-12-14(2)15(3)13-19(18)31-23(20)24(29)27(21)25-26-9-11-32-25/h5-9,11,14-15,18-19,21H,4,10,12-13H2,1-3H3. The van der Waals surface area contributed by atoms with Gasteiger partial charge in [-0.3, -0.25) is 14.5 Å². The highest BCUT2D eigenvalue weighted by Crippen LogP contribution is 2.50. The van der Waals surface area contributed by atoms with Crippen LogP contribution < -0.4 is 9.64 Å². The molecule has 1 aliphatic carbocycles. The molecule has 2 aromatic rings.